The number of nitrogens with zero attached hydrogens (tertiary/aromatic N) is 4. The first-order valence-corrected chi connectivity index (χ1v) is 8.08. The first-order chi connectivity index (χ1) is 11.4. The highest BCUT2D eigenvalue weighted by molar-refractivity contribution is 6.04. The van der Waals surface area contributed by atoms with E-state index in [1.807, 2.05) is 18.7 Å². The Kier molecular flexibility index (Phi) is 4.27. The van der Waals surface area contributed by atoms with Crippen LogP contribution in [0.15, 0.2) is 12.3 Å². The van der Waals surface area contributed by atoms with Crippen LogP contribution in [0.5, 0.6) is 0 Å². The largest absolute Gasteiger partial charge is 0.324 e. The molecule has 2 N–H and O–H groups in total. The molecule has 1 aromatic rings. The lowest BCUT2D eigenvalue weighted by atomic mass is 10.1. The first-order valence-electron chi connectivity index (χ1n) is 8.08. The number of carbonyl (C=O) groups excluding carboxylic acids is 3. The number of nitrogens with one attached hydrogen (secondary N) is 2. The second kappa shape index (κ2) is 6.23. The first kappa shape index (κ1) is 16.4. The predicted octanol–water partition coefficient (Wildman–Crippen LogP) is 0.0270. The van der Waals surface area contributed by atoms with Gasteiger partial charge in [0, 0.05) is 31.7 Å². The van der Waals surface area contributed by atoms with E-state index in [4.69, 9.17) is 0 Å². The van der Waals surface area contributed by atoms with Gasteiger partial charge in [-0.15, -0.1) is 0 Å². The maximum Gasteiger partial charge on any atom is 0.324 e. The van der Waals surface area contributed by atoms with Gasteiger partial charge in [0.25, 0.3) is 5.91 Å². The van der Waals surface area contributed by atoms with Crippen molar-refractivity contribution in [1.82, 2.24) is 24.9 Å². The van der Waals surface area contributed by atoms with Crippen LogP contribution >= 0.6 is 0 Å². The van der Waals surface area contributed by atoms with E-state index in [1.54, 1.807) is 23.9 Å². The number of aromatic nitrogens is 2. The zero-order chi connectivity index (χ0) is 17.4. The van der Waals surface area contributed by atoms with E-state index in [9.17, 15) is 14.4 Å². The van der Waals surface area contributed by atoms with Crippen LogP contribution in [0.2, 0.25) is 0 Å². The fourth-order valence-electron chi connectivity index (χ4n) is 3.11. The molecular weight excluding hydrogens is 312 g/mol. The molecule has 0 radical (unpaired) electrons. The Morgan fingerprint density at radius 3 is 2.79 bits per heavy atom. The zero-order valence-corrected chi connectivity index (χ0v) is 14.0. The fourth-order valence-corrected chi connectivity index (χ4v) is 3.11. The van der Waals surface area contributed by atoms with Crippen molar-refractivity contribution in [2.45, 2.75) is 38.9 Å². The maximum atomic E-state index is 12.5. The normalized spacial score (nSPS) is 22.5. The number of carbonyl (C=O) groups is 3. The molecule has 2 atom stereocenters. The van der Waals surface area contributed by atoms with Crippen molar-refractivity contribution in [3.8, 4) is 0 Å². The van der Waals surface area contributed by atoms with Gasteiger partial charge in [-0.25, -0.2) is 9.48 Å². The Bertz CT molecular complexity index is 670. The van der Waals surface area contributed by atoms with Crippen molar-refractivity contribution in [2.24, 2.45) is 0 Å². The highest BCUT2D eigenvalue weighted by atomic mass is 16.2. The third kappa shape index (κ3) is 2.86. The quantitative estimate of drug-likeness (QED) is 0.757. The minimum absolute atomic E-state index is 0.141. The summed E-state index contributed by atoms with van der Waals surface area (Å²) >= 11 is 0. The number of hydrogen-bond donors (Lipinski definition) is 2. The summed E-state index contributed by atoms with van der Waals surface area (Å²) in [6, 6.07) is 0.629. The smallest absolute Gasteiger partial charge is 0.310 e. The monoisotopic (exact) mass is 334 g/mol. The molecule has 2 fully saturated rings. The number of amides is 4. The minimum atomic E-state index is -0.511. The van der Waals surface area contributed by atoms with Gasteiger partial charge in [0.05, 0.1) is 12.2 Å². The molecule has 3 rings (SSSR count). The van der Waals surface area contributed by atoms with Gasteiger partial charge in [0.1, 0.15) is 11.9 Å². The SMILES string of the molecule is CC(C)n1nccc1NC(=O)[C@H](C)N1CCN2C(=O)NC(=O)[C@@H]2C1. The highest BCUT2D eigenvalue weighted by Crippen LogP contribution is 2.19. The van der Waals surface area contributed by atoms with E-state index < -0.39 is 12.1 Å². The lowest BCUT2D eigenvalue weighted by Crippen LogP contribution is -2.57. The molecule has 0 spiro atoms. The second-order valence-corrected chi connectivity index (χ2v) is 6.42. The van der Waals surface area contributed by atoms with Crippen molar-refractivity contribution in [3.63, 3.8) is 0 Å². The second-order valence-electron chi connectivity index (χ2n) is 6.42. The summed E-state index contributed by atoms with van der Waals surface area (Å²) in [7, 11) is 0. The number of fused-ring (bicyclic) bond motifs is 1. The number of piperazine rings is 1. The van der Waals surface area contributed by atoms with Gasteiger partial charge in [-0.05, 0) is 20.8 Å². The summed E-state index contributed by atoms with van der Waals surface area (Å²) in [5.41, 5.74) is 0. The topological polar surface area (TPSA) is 99.6 Å². The van der Waals surface area contributed by atoms with Gasteiger partial charge < -0.3 is 10.2 Å². The molecule has 0 bridgehead atoms. The van der Waals surface area contributed by atoms with Gasteiger partial charge in [-0.3, -0.25) is 19.8 Å². The molecule has 130 valence electrons. The third-order valence-corrected chi connectivity index (χ3v) is 4.54. The lowest BCUT2D eigenvalue weighted by Gasteiger charge is -2.38. The lowest BCUT2D eigenvalue weighted by molar-refractivity contribution is -0.126. The summed E-state index contributed by atoms with van der Waals surface area (Å²) in [6.07, 6.45) is 1.65. The van der Waals surface area contributed by atoms with Gasteiger partial charge in [0.2, 0.25) is 5.91 Å². The molecule has 0 aliphatic carbocycles. The molecule has 0 aromatic carbocycles. The van der Waals surface area contributed by atoms with Crippen molar-refractivity contribution in [1.29, 1.82) is 0 Å². The van der Waals surface area contributed by atoms with E-state index >= 15 is 0 Å². The van der Waals surface area contributed by atoms with Crippen LogP contribution in [-0.2, 0) is 9.59 Å². The number of anilines is 1. The molecule has 9 nitrogen and oxygen atoms in total. The zero-order valence-electron chi connectivity index (χ0n) is 14.0. The number of imide groups is 1. The molecule has 0 saturated carbocycles. The van der Waals surface area contributed by atoms with E-state index in [2.05, 4.69) is 15.7 Å². The van der Waals surface area contributed by atoms with E-state index in [1.165, 1.54) is 4.90 Å². The van der Waals surface area contributed by atoms with Crippen molar-refractivity contribution in [3.05, 3.63) is 12.3 Å². The van der Waals surface area contributed by atoms with Crippen LogP contribution in [0.1, 0.15) is 26.8 Å². The summed E-state index contributed by atoms with van der Waals surface area (Å²) in [4.78, 5) is 39.4. The minimum Gasteiger partial charge on any atom is -0.310 e. The van der Waals surface area contributed by atoms with Crippen molar-refractivity contribution >= 4 is 23.7 Å². The predicted molar refractivity (Wildman–Crippen MR) is 86.3 cm³/mol. The van der Waals surface area contributed by atoms with Crippen molar-refractivity contribution < 1.29 is 14.4 Å². The van der Waals surface area contributed by atoms with Crippen LogP contribution in [0, 0.1) is 0 Å². The molecule has 2 aliphatic rings. The van der Waals surface area contributed by atoms with E-state index in [0.717, 1.165) is 0 Å². The Morgan fingerprint density at radius 2 is 2.08 bits per heavy atom. The number of hydrogen-bond acceptors (Lipinski definition) is 5. The molecule has 2 aliphatic heterocycles. The molecule has 1 aromatic heterocycles. The molecule has 24 heavy (non-hydrogen) atoms. The molecule has 9 heteroatoms. The van der Waals surface area contributed by atoms with Gasteiger partial charge >= 0.3 is 6.03 Å². The Labute approximate surface area is 140 Å². The average molecular weight is 334 g/mol. The molecule has 3 heterocycles. The van der Waals surface area contributed by atoms with Crippen LogP contribution in [-0.4, -0.2) is 69.1 Å². The average Bonchev–Trinajstić information content (AvgIpc) is 3.11. The summed E-state index contributed by atoms with van der Waals surface area (Å²) < 4.78 is 1.74. The highest BCUT2D eigenvalue weighted by Gasteiger charge is 2.43. The molecule has 4 amide bonds. The van der Waals surface area contributed by atoms with Gasteiger partial charge in [-0.1, -0.05) is 0 Å². The Hall–Kier alpha value is -2.42. The molecule has 0 unspecified atom stereocenters. The van der Waals surface area contributed by atoms with Gasteiger partial charge in [-0.2, -0.15) is 5.10 Å². The van der Waals surface area contributed by atoms with Crippen LogP contribution in [0.25, 0.3) is 0 Å². The third-order valence-electron chi connectivity index (χ3n) is 4.54. The van der Waals surface area contributed by atoms with E-state index in [0.29, 0.717) is 25.5 Å². The summed E-state index contributed by atoms with van der Waals surface area (Å²) in [5, 5.41) is 9.39. The van der Waals surface area contributed by atoms with Crippen molar-refractivity contribution in [2.75, 3.05) is 25.0 Å². The molecular formula is C15H22N6O3. The van der Waals surface area contributed by atoms with E-state index in [-0.39, 0.29) is 23.9 Å². The Balaban J connectivity index is 1.65. The number of urea groups is 1. The van der Waals surface area contributed by atoms with Crippen LogP contribution < -0.4 is 10.6 Å². The molecule has 2 saturated heterocycles. The maximum absolute atomic E-state index is 12.5. The van der Waals surface area contributed by atoms with Crippen LogP contribution in [0.4, 0.5) is 10.6 Å². The fraction of sp³-hybridized carbons (Fsp3) is 0.600. The summed E-state index contributed by atoms with van der Waals surface area (Å²) in [6.45, 7) is 7.12. The number of rotatable bonds is 4. The Morgan fingerprint density at radius 1 is 1.33 bits per heavy atom. The van der Waals surface area contributed by atoms with Gasteiger partial charge in [0.15, 0.2) is 0 Å². The summed E-state index contributed by atoms with van der Waals surface area (Å²) in [5.74, 6) is 0.194. The standard InChI is InChI=1S/C15H22N6O3/c1-9(2)21-12(4-5-16-21)17-13(22)10(3)19-6-7-20-11(8-19)14(23)18-15(20)24/h4-5,9-11H,6-8H2,1-3H3,(H,17,22)(H,18,23,24)/t10-,11-/m0/s1. The van der Waals surface area contributed by atoms with Crippen LogP contribution in [0.3, 0.4) is 0 Å².